The normalized spacial score (nSPS) is 15.5. The van der Waals surface area contributed by atoms with Gasteiger partial charge in [-0.2, -0.15) is 0 Å². The molecule has 0 radical (unpaired) electrons. The van der Waals surface area contributed by atoms with E-state index in [1.54, 1.807) is 0 Å². The zero-order valence-corrected chi connectivity index (χ0v) is 17.0. The molecule has 134 valence electrons. The summed E-state index contributed by atoms with van der Waals surface area (Å²) in [6.45, 7) is 4.10. The van der Waals surface area contributed by atoms with E-state index in [4.69, 9.17) is 34.8 Å². The molecule has 0 aliphatic carbocycles. The van der Waals surface area contributed by atoms with Crippen LogP contribution in [-0.2, 0) is 13.0 Å². The third-order valence-electron chi connectivity index (χ3n) is 5.04. The third kappa shape index (κ3) is 3.16. The second-order valence-corrected chi connectivity index (χ2v) is 8.14. The Bertz CT molecular complexity index is 1030. The number of rotatable bonds is 2. The van der Waals surface area contributed by atoms with Gasteiger partial charge < -0.3 is 9.47 Å². The van der Waals surface area contributed by atoms with Crippen LogP contribution >= 0.6 is 34.8 Å². The van der Waals surface area contributed by atoms with Gasteiger partial charge in [-0.3, -0.25) is 0 Å². The summed E-state index contributed by atoms with van der Waals surface area (Å²) in [5.74, 6) is 0. The summed E-state index contributed by atoms with van der Waals surface area (Å²) < 4.78 is 2.31. The quantitative estimate of drug-likeness (QED) is 0.466. The third-order valence-corrected chi connectivity index (χ3v) is 6.01. The fourth-order valence-electron chi connectivity index (χ4n) is 3.66. The molecular formula is C21H19Cl3N2. The van der Waals surface area contributed by atoms with E-state index in [-0.39, 0.29) is 0 Å². The predicted octanol–water partition coefficient (Wildman–Crippen LogP) is 6.61. The van der Waals surface area contributed by atoms with Crippen LogP contribution in [0.5, 0.6) is 0 Å². The lowest BCUT2D eigenvalue weighted by Gasteiger charge is -2.23. The van der Waals surface area contributed by atoms with Crippen molar-refractivity contribution in [1.29, 1.82) is 0 Å². The minimum atomic E-state index is 0.574. The highest BCUT2D eigenvalue weighted by Crippen LogP contribution is 2.34. The van der Waals surface area contributed by atoms with Gasteiger partial charge in [-0.1, -0.05) is 40.9 Å². The van der Waals surface area contributed by atoms with Crippen molar-refractivity contribution in [1.82, 2.24) is 9.47 Å². The molecule has 1 aromatic heterocycles. The Morgan fingerprint density at radius 1 is 1.04 bits per heavy atom. The summed E-state index contributed by atoms with van der Waals surface area (Å²) in [6, 6.07) is 11.9. The lowest BCUT2D eigenvalue weighted by atomic mass is 10.1. The van der Waals surface area contributed by atoms with E-state index in [1.165, 1.54) is 22.2 Å². The number of likely N-dealkylation sites (N-methyl/N-ethyl adjacent to an activating group) is 1. The smallest absolute Gasteiger partial charge is 0.0598 e. The van der Waals surface area contributed by atoms with Gasteiger partial charge in [-0.25, -0.2) is 0 Å². The Hall–Kier alpha value is -1.45. The van der Waals surface area contributed by atoms with Gasteiger partial charge in [0.05, 0.1) is 15.6 Å². The minimum Gasteiger partial charge on any atom is -0.320 e. The molecule has 0 bridgehead atoms. The topological polar surface area (TPSA) is 8.17 Å². The molecule has 0 saturated carbocycles. The molecule has 0 spiro atoms. The van der Waals surface area contributed by atoms with Crippen molar-refractivity contribution in [3.05, 3.63) is 68.3 Å². The van der Waals surface area contributed by atoms with Gasteiger partial charge in [0, 0.05) is 41.8 Å². The van der Waals surface area contributed by atoms with Crippen LogP contribution in [0.1, 0.15) is 23.7 Å². The van der Waals surface area contributed by atoms with Gasteiger partial charge in [0.1, 0.15) is 0 Å². The van der Waals surface area contributed by atoms with Gasteiger partial charge in [0.2, 0.25) is 0 Å². The fraction of sp³-hybridized carbons (Fsp3) is 0.238. The van der Waals surface area contributed by atoms with Gasteiger partial charge in [-0.05, 0) is 61.0 Å². The maximum Gasteiger partial charge on any atom is 0.0598 e. The summed E-state index contributed by atoms with van der Waals surface area (Å²) in [5.41, 5.74) is 6.12. The van der Waals surface area contributed by atoms with Gasteiger partial charge >= 0.3 is 0 Å². The van der Waals surface area contributed by atoms with Crippen LogP contribution in [0.15, 0.2) is 36.4 Å². The Labute approximate surface area is 168 Å². The fourth-order valence-corrected chi connectivity index (χ4v) is 4.13. The van der Waals surface area contributed by atoms with Crippen LogP contribution in [-0.4, -0.2) is 23.1 Å². The first-order chi connectivity index (χ1) is 12.4. The molecule has 26 heavy (non-hydrogen) atoms. The molecule has 4 rings (SSSR count). The molecule has 0 saturated heterocycles. The maximum atomic E-state index is 6.28. The molecule has 0 fully saturated rings. The number of halogens is 3. The molecule has 0 atom stereocenters. The van der Waals surface area contributed by atoms with Crippen molar-refractivity contribution in [3.8, 4) is 0 Å². The van der Waals surface area contributed by atoms with Crippen molar-refractivity contribution < 1.29 is 0 Å². The molecule has 2 nitrogen and oxygen atoms in total. The van der Waals surface area contributed by atoms with Crippen LogP contribution in [0.25, 0.3) is 22.7 Å². The highest BCUT2D eigenvalue weighted by Gasteiger charge is 2.22. The summed E-state index contributed by atoms with van der Waals surface area (Å²) >= 11 is 18.5. The summed E-state index contributed by atoms with van der Waals surface area (Å²) in [7, 11) is 2.16. The van der Waals surface area contributed by atoms with Crippen molar-refractivity contribution in [2.75, 3.05) is 13.6 Å². The summed E-state index contributed by atoms with van der Waals surface area (Å²) in [6.07, 6.45) is 3.21. The van der Waals surface area contributed by atoms with Crippen LogP contribution in [0.2, 0.25) is 15.1 Å². The number of benzene rings is 2. The second kappa shape index (κ2) is 6.94. The average Bonchev–Trinajstić information content (AvgIpc) is 2.90. The van der Waals surface area contributed by atoms with E-state index in [0.717, 1.165) is 35.7 Å². The predicted molar refractivity (Wildman–Crippen MR) is 113 cm³/mol. The Balaban J connectivity index is 1.89. The van der Waals surface area contributed by atoms with Crippen molar-refractivity contribution >= 4 is 57.5 Å². The van der Waals surface area contributed by atoms with E-state index in [1.807, 2.05) is 24.3 Å². The van der Waals surface area contributed by atoms with E-state index in [0.29, 0.717) is 10.0 Å². The van der Waals surface area contributed by atoms with Gasteiger partial charge in [0.15, 0.2) is 0 Å². The molecule has 5 heteroatoms. The highest BCUT2D eigenvalue weighted by atomic mass is 35.5. The molecule has 2 aromatic carbocycles. The Morgan fingerprint density at radius 3 is 2.62 bits per heavy atom. The SMILES string of the molecule is C/C(=C\n1c2c(c3cc(Cl)ccc31)CN(C)CC2)c1ccc(Cl)c(Cl)c1. The second-order valence-electron chi connectivity index (χ2n) is 6.89. The maximum absolute atomic E-state index is 6.28. The first kappa shape index (κ1) is 17.9. The van der Waals surface area contributed by atoms with E-state index >= 15 is 0 Å². The zero-order chi connectivity index (χ0) is 18.4. The molecule has 1 aliphatic heterocycles. The van der Waals surface area contributed by atoms with Crippen LogP contribution in [0.3, 0.4) is 0 Å². The van der Waals surface area contributed by atoms with Crippen LogP contribution in [0, 0.1) is 0 Å². The van der Waals surface area contributed by atoms with Crippen molar-refractivity contribution in [2.45, 2.75) is 19.9 Å². The monoisotopic (exact) mass is 404 g/mol. The molecule has 0 N–H and O–H groups in total. The number of fused-ring (bicyclic) bond motifs is 3. The molecule has 3 aromatic rings. The lowest BCUT2D eigenvalue weighted by Crippen LogP contribution is -2.26. The first-order valence-electron chi connectivity index (χ1n) is 8.57. The zero-order valence-electron chi connectivity index (χ0n) is 14.7. The van der Waals surface area contributed by atoms with E-state index in [2.05, 4.69) is 41.8 Å². The number of hydrogen-bond acceptors (Lipinski definition) is 1. The number of aromatic nitrogens is 1. The van der Waals surface area contributed by atoms with Crippen LogP contribution < -0.4 is 0 Å². The molecule has 0 amide bonds. The minimum absolute atomic E-state index is 0.574. The van der Waals surface area contributed by atoms with E-state index in [9.17, 15) is 0 Å². The first-order valence-corrected chi connectivity index (χ1v) is 9.71. The Kier molecular flexibility index (Phi) is 4.79. The number of nitrogens with zero attached hydrogens (tertiary/aromatic N) is 2. The summed E-state index contributed by atoms with van der Waals surface area (Å²) in [4.78, 5) is 2.35. The van der Waals surface area contributed by atoms with Crippen LogP contribution in [0.4, 0.5) is 0 Å². The molecular weight excluding hydrogens is 387 g/mol. The van der Waals surface area contributed by atoms with Crippen molar-refractivity contribution in [3.63, 3.8) is 0 Å². The van der Waals surface area contributed by atoms with Gasteiger partial charge in [0.25, 0.3) is 0 Å². The van der Waals surface area contributed by atoms with Crippen molar-refractivity contribution in [2.24, 2.45) is 0 Å². The standard InChI is InChI=1S/C21H19Cl3N2/c1-13(14-3-5-18(23)19(24)9-14)11-26-20-6-4-15(22)10-16(20)17-12-25(2)8-7-21(17)26/h3-6,9-11H,7-8,12H2,1-2H3/b13-11+. The molecule has 0 unspecified atom stereocenters. The number of hydrogen-bond donors (Lipinski definition) is 0. The highest BCUT2D eigenvalue weighted by molar-refractivity contribution is 6.42. The summed E-state index contributed by atoms with van der Waals surface area (Å²) in [5, 5.41) is 3.16. The largest absolute Gasteiger partial charge is 0.320 e. The lowest BCUT2D eigenvalue weighted by molar-refractivity contribution is 0.312. The van der Waals surface area contributed by atoms with E-state index < -0.39 is 0 Å². The molecule has 1 aliphatic rings. The Morgan fingerprint density at radius 2 is 1.85 bits per heavy atom. The van der Waals surface area contributed by atoms with Gasteiger partial charge in [-0.15, -0.1) is 0 Å². The molecule has 2 heterocycles. The number of allylic oxidation sites excluding steroid dienone is 1. The average molecular weight is 406 g/mol.